The first-order chi connectivity index (χ1) is 15.7. The van der Waals surface area contributed by atoms with Crippen LogP contribution in [0.3, 0.4) is 0 Å². The molecular formula is C27H24BrNO4. The van der Waals surface area contributed by atoms with Crippen molar-refractivity contribution in [3.8, 4) is 5.75 Å². The Kier molecular flexibility index (Phi) is 6.13. The van der Waals surface area contributed by atoms with Crippen molar-refractivity contribution in [1.29, 1.82) is 0 Å². The van der Waals surface area contributed by atoms with E-state index in [2.05, 4.69) is 15.9 Å². The molecule has 0 aromatic heterocycles. The molecule has 0 saturated carbocycles. The molecule has 1 atom stereocenters. The highest BCUT2D eigenvalue weighted by molar-refractivity contribution is 9.10. The Labute approximate surface area is 201 Å². The third kappa shape index (κ3) is 3.95. The molecule has 1 saturated heterocycles. The van der Waals surface area contributed by atoms with Gasteiger partial charge in [0.1, 0.15) is 11.5 Å². The number of nitrogens with zero attached hydrogens (tertiary/aromatic N) is 1. The zero-order valence-corrected chi connectivity index (χ0v) is 20.4. The second-order valence-corrected chi connectivity index (χ2v) is 8.98. The van der Waals surface area contributed by atoms with Crippen LogP contribution in [-0.2, 0) is 9.59 Å². The summed E-state index contributed by atoms with van der Waals surface area (Å²) in [6, 6.07) is 17.4. The van der Waals surface area contributed by atoms with Crippen LogP contribution in [0.2, 0.25) is 0 Å². The summed E-state index contributed by atoms with van der Waals surface area (Å²) >= 11 is 3.46. The van der Waals surface area contributed by atoms with Crippen LogP contribution in [0.25, 0.3) is 5.76 Å². The number of anilines is 1. The van der Waals surface area contributed by atoms with E-state index < -0.39 is 17.7 Å². The zero-order chi connectivity index (χ0) is 23.9. The Hall–Kier alpha value is -3.38. The molecule has 1 aliphatic heterocycles. The summed E-state index contributed by atoms with van der Waals surface area (Å²) in [7, 11) is 1.56. The van der Waals surface area contributed by atoms with Gasteiger partial charge in [-0.05, 0) is 73.4 Å². The predicted octanol–water partition coefficient (Wildman–Crippen LogP) is 6.01. The van der Waals surface area contributed by atoms with Gasteiger partial charge < -0.3 is 9.84 Å². The molecule has 33 heavy (non-hydrogen) atoms. The van der Waals surface area contributed by atoms with E-state index in [1.807, 2.05) is 51.1 Å². The summed E-state index contributed by atoms with van der Waals surface area (Å²) in [6.45, 7) is 5.78. The second-order valence-electron chi connectivity index (χ2n) is 8.13. The summed E-state index contributed by atoms with van der Waals surface area (Å²) in [4.78, 5) is 28.2. The largest absolute Gasteiger partial charge is 0.507 e. The standard InChI is InChI=1S/C27H24BrNO4/c1-15-7-5-10-22(17(15)3)29-24(18-8-6-9-20(14-18)33-4)23(26(31)27(29)32)25(30)19-11-12-21(28)16(2)13-19/h5-14,24,30H,1-4H3/b25-23+. The Balaban J connectivity index is 2.00. The molecule has 1 heterocycles. The molecule has 5 nitrogen and oxygen atoms in total. The number of benzene rings is 3. The molecular weight excluding hydrogens is 482 g/mol. The molecule has 1 unspecified atom stereocenters. The summed E-state index contributed by atoms with van der Waals surface area (Å²) < 4.78 is 6.28. The SMILES string of the molecule is COc1cccc(C2/C(=C(\O)c3ccc(Br)c(C)c3)C(=O)C(=O)N2c2cccc(C)c2C)c1. The third-order valence-electron chi connectivity index (χ3n) is 6.12. The van der Waals surface area contributed by atoms with Gasteiger partial charge in [-0.3, -0.25) is 14.5 Å². The van der Waals surface area contributed by atoms with E-state index in [4.69, 9.17) is 4.74 Å². The fourth-order valence-corrected chi connectivity index (χ4v) is 4.40. The van der Waals surface area contributed by atoms with Crippen molar-refractivity contribution in [2.24, 2.45) is 0 Å². The van der Waals surface area contributed by atoms with Crippen LogP contribution in [0.15, 0.2) is 70.7 Å². The lowest BCUT2D eigenvalue weighted by molar-refractivity contribution is -0.132. The molecule has 0 bridgehead atoms. The number of amides is 1. The van der Waals surface area contributed by atoms with Gasteiger partial charge in [0.25, 0.3) is 11.7 Å². The first-order valence-electron chi connectivity index (χ1n) is 10.5. The highest BCUT2D eigenvalue weighted by Crippen LogP contribution is 2.44. The minimum absolute atomic E-state index is 0.0517. The molecule has 0 spiro atoms. The highest BCUT2D eigenvalue weighted by atomic mass is 79.9. The summed E-state index contributed by atoms with van der Waals surface area (Å²) in [5.74, 6) is -1.00. The van der Waals surface area contributed by atoms with Crippen molar-refractivity contribution >= 4 is 39.1 Å². The fourth-order valence-electron chi connectivity index (χ4n) is 4.15. The molecule has 168 valence electrons. The quantitative estimate of drug-likeness (QED) is 0.268. The van der Waals surface area contributed by atoms with Crippen molar-refractivity contribution in [2.45, 2.75) is 26.8 Å². The van der Waals surface area contributed by atoms with Gasteiger partial charge in [0.15, 0.2) is 0 Å². The maximum Gasteiger partial charge on any atom is 0.300 e. The van der Waals surface area contributed by atoms with E-state index in [-0.39, 0.29) is 11.3 Å². The maximum absolute atomic E-state index is 13.4. The molecule has 1 fully saturated rings. The van der Waals surface area contributed by atoms with Gasteiger partial charge >= 0.3 is 0 Å². The summed E-state index contributed by atoms with van der Waals surface area (Å²) in [5.41, 5.74) is 4.63. The monoisotopic (exact) mass is 505 g/mol. The number of ketones is 1. The van der Waals surface area contributed by atoms with E-state index in [0.717, 1.165) is 21.2 Å². The molecule has 1 aliphatic rings. The van der Waals surface area contributed by atoms with Crippen LogP contribution in [0.4, 0.5) is 5.69 Å². The minimum Gasteiger partial charge on any atom is -0.507 e. The smallest absolute Gasteiger partial charge is 0.300 e. The Morgan fingerprint density at radius 2 is 1.70 bits per heavy atom. The number of aliphatic hydroxyl groups is 1. The minimum atomic E-state index is -0.801. The Morgan fingerprint density at radius 1 is 0.970 bits per heavy atom. The average molecular weight is 506 g/mol. The van der Waals surface area contributed by atoms with E-state index in [9.17, 15) is 14.7 Å². The number of aryl methyl sites for hydroxylation is 2. The average Bonchev–Trinajstić information content (AvgIpc) is 3.07. The van der Waals surface area contributed by atoms with Crippen LogP contribution in [0.5, 0.6) is 5.75 Å². The first kappa shape index (κ1) is 22.8. The lowest BCUT2D eigenvalue weighted by Crippen LogP contribution is -2.30. The van der Waals surface area contributed by atoms with Gasteiger partial charge in [-0.15, -0.1) is 0 Å². The fraction of sp³-hybridized carbons (Fsp3) is 0.185. The Bertz CT molecular complexity index is 1310. The zero-order valence-electron chi connectivity index (χ0n) is 18.8. The van der Waals surface area contributed by atoms with E-state index >= 15 is 0 Å². The summed E-state index contributed by atoms with van der Waals surface area (Å²) in [6.07, 6.45) is 0. The predicted molar refractivity (Wildman–Crippen MR) is 133 cm³/mol. The third-order valence-corrected chi connectivity index (χ3v) is 7.01. The van der Waals surface area contributed by atoms with Crippen LogP contribution in [0, 0.1) is 20.8 Å². The van der Waals surface area contributed by atoms with E-state index in [1.165, 1.54) is 4.90 Å². The lowest BCUT2D eigenvalue weighted by Gasteiger charge is -2.27. The molecule has 3 aromatic carbocycles. The number of aliphatic hydroxyl groups excluding tert-OH is 1. The van der Waals surface area contributed by atoms with E-state index in [0.29, 0.717) is 22.6 Å². The number of hydrogen-bond acceptors (Lipinski definition) is 4. The first-order valence-corrected chi connectivity index (χ1v) is 11.3. The number of carbonyl (C=O) groups excluding carboxylic acids is 2. The number of halogens is 1. The van der Waals surface area contributed by atoms with Crippen molar-refractivity contribution in [2.75, 3.05) is 12.0 Å². The number of methoxy groups -OCH3 is 1. The maximum atomic E-state index is 13.4. The molecule has 0 radical (unpaired) electrons. The van der Waals surface area contributed by atoms with Gasteiger partial charge in [-0.1, -0.05) is 46.3 Å². The van der Waals surface area contributed by atoms with E-state index in [1.54, 1.807) is 37.4 Å². The number of carbonyl (C=O) groups is 2. The van der Waals surface area contributed by atoms with Crippen molar-refractivity contribution in [3.63, 3.8) is 0 Å². The normalized spacial score (nSPS) is 17.5. The molecule has 6 heteroatoms. The van der Waals surface area contributed by atoms with Crippen LogP contribution < -0.4 is 9.64 Å². The summed E-state index contributed by atoms with van der Waals surface area (Å²) in [5, 5.41) is 11.3. The van der Waals surface area contributed by atoms with Gasteiger partial charge in [-0.2, -0.15) is 0 Å². The number of ether oxygens (including phenoxy) is 1. The number of Topliss-reactive ketones (excluding diaryl/α,β-unsaturated/α-hetero) is 1. The van der Waals surface area contributed by atoms with Crippen molar-refractivity contribution in [3.05, 3.63) is 98.5 Å². The Morgan fingerprint density at radius 3 is 2.39 bits per heavy atom. The topological polar surface area (TPSA) is 66.8 Å². The molecule has 0 aliphatic carbocycles. The number of rotatable bonds is 4. The van der Waals surface area contributed by atoms with Gasteiger partial charge in [0.05, 0.1) is 18.7 Å². The van der Waals surface area contributed by atoms with Crippen LogP contribution in [-0.4, -0.2) is 23.9 Å². The highest BCUT2D eigenvalue weighted by Gasteiger charge is 2.47. The van der Waals surface area contributed by atoms with Gasteiger partial charge in [0.2, 0.25) is 0 Å². The lowest BCUT2D eigenvalue weighted by atomic mass is 9.94. The van der Waals surface area contributed by atoms with Gasteiger partial charge in [-0.25, -0.2) is 0 Å². The van der Waals surface area contributed by atoms with Crippen molar-refractivity contribution < 1.29 is 19.4 Å². The van der Waals surface area contributed by atoms with Crippen LogP contribution >= 0.6 is 15.9 Å². The molecule has 1 amide bonds. The van der Waals surface area contributed by atoms with Crippen molar-refractivity contribution in [1.82, 2.24) is 0 Å². The molecule has 1 N–H and O–H groups in total. The van der Waals surface area contributed by atoms with Gasteiger partial charge in [0, 0.05) is 15.7 Å². The molecule has 3 aromatic rings. The molecule has 4 rings (SSSR count). The number of hydrogen-bond donors (Lipinski definition) is 1. The second kappa shape index (κ2) is 8.87. The van der Waals surface area contributed by atoms with Crippen LogP contribution in [0.1, 0.15) is 33.9 Å².